The van der Waals surface area contributed by atoms with Gasteiger partial charge in [-0.25, -0.2) is 0 Å². The number of likely N-dealkylation sites (tertiary alicyclic amines) is 1. The molecule has 1 unspecified atom stereocenters. The van der Waals surface area contributed by atoms with Crippen LogP contribution in [0.15, 0.2) is 16.5 Å². The molecular weight excluding hydrogens is 212 g/mol. The molecule has 1 aromatic heterocycles. The molecule has 0 aromatic carbocycles. The van der Waals surface area contributed by atoms with Crippen LogP contribution in [0.25, 0.3) is 0 Å². The molecule has 0 amide bonds. The molecule has 1 aliphatic heterocycles. The monoisotopic (exact) mass is 236 g/mol. The first-order chi connectivity index (χ1) is 8.29. The Morgan fingerprint density at radius 2 is 2.12 bits per heavy atom. The van der Waals surface area contributed by atoms with Crippen LogP contribution in [0.1, 0.15) is 44.1 Å². The minimum atomic E-state index is 0.690. The van der Waals surface area contributed by atoms with Crippen LogP contribution >= 0.6 is 0 Å². The van der Waals surface area contributed by atoms with Gasteiger partial charge in [0.15, 0.2) is 0 Å². The van der Waals surface area contributed by atoms with Gasteiger partial charge < -0.3 is 9.73 Å². The number of nitrogens with one attached hydrogen (secondary N) is 1. The van der Waals surface area contributed by atoms with Crippen molar-refractivity contribution in [3.8, 4) is 0 Å². The molecule has 0 bridgehead atoms. The van der Waals surface area contributed by atoms with Crippen molar-refractivity contribution < 1.29 is 4.42 Å². The highest BCUT2D eigenvalue weighted by Gasteiger charge is 2.18. The summed E-state index contributed by atoms with van der Waals surface area (Å²) in [6.45, 7) is 5.33. The first kappa shape index (κ1) is 12.7. The molecule has 2 heterocycles. The van der Waals surface area contributed by atoms with Crippen molar-refractivity contribution >= 4 is 0 Å². The van der Waals surface area contributed by atoms with Crippen LogP contribution in [0.4, 0.5) is 0 Å². The van der Waals surface area contributed by atoms with E-state index in [2.05, 4.69) is 29.3 Å². The van der Waals surface area contributed by atoms with Gasteiger partial charge >= 0.3 is 0 Å². The lowest BCUT2D eigenvalue weighted by Crippen LogP contribution is -2.31. The lowest BCUT2D eigenvalue weighted by molar-refractivity contribution is 0.188. The van der Waals surface area contributed by atoms with Crippen molar-refractivity contribution in [2.24, 2.45) is 0 Å². The molecule has 1 N–H and O–H groups in total. The Balaban J connectivity index is 1.93. The van der Waals surface area contributed by atoms with Crippen molar-refractivity contribution in [2.45, 2.75) is 51.7 Å². The Morgan fingerprint density at radius 3 is 2.94 bits per heavy atom. The van der Waals surface area contributed by atoms with Crippen molar-refractivity contribution in [2.75, 3.05) is 13.6 Å². The zero-order chi connectivity index (χ0) is 12.1. The molecule has 0 saturated carbocycles. The Bertz CT molecular complexity index is 335. The van der Waals surface area contributed by atoms with Gasteiger partial charge in [0.25, 0.3) is 0 Å². The Labute approximate surface area is 104 Å². The summed E-state index contributed by atoms with van der Waals surface area (Å²) in [6, 6.07) is 4.88. The first-order valence-corrected chi connectivity index (χ1v) is 6.76. The molecule has 3 heteroatoms. The minimum Gasteiger partial charge on any atom is -0.463 e. The second-order valence-electron chi connectivity index (χ2n) is 5.07. The van der Waals surface area contributed by atoms with Gasteiger partial charge in [0.05, 0.1) is 13.1 Å². The molecule has 1 aliphatic rings. The van der Waals surface area contributed by atoms with Gasteiger partial charge in [-0.2, -0.15) is 0 Å². The maximum atomic E-state index is 5.81. The lowest BCUT2D eigenvalue weighted by atomic mass is 10.1. The summed E-state index contributed by atoms with van der Waals surface area (Å²) in [5.41, 5.74) is 0. The van der Waals surface area contributed by atoms with E-state index in [9.17, 15) is 0 Å². The van der Waals surface area contributed by atoms with E-state index in [1.54, 1.807) is 0 Å². The average molecular weight is 236 g/mol. The van der Waals surface area contributed by atoms with E-state index in [0.29, 0.717) is 6.04 Å². The summed E-state index contributed by atoms with van der Waals surface area (Å²) < 4.78 is 5.81. The summed E-state index contributed by atoms with van der Waals surface area (Å²) in [5, 5.41) is 3.11. The fraction of sp³-hybridized carbons (Fsp3) is 0.714. The highest BCUT2D eigenvalue weighted by molar-refractivity contribution is 5.07. The van der Waals surface area contributed by atoms with Crippen LogP contribution in [0.5, 0.6) is 0 Å². The summed E-state index contributed by atoms with van der Waals surface area (Å²) >= 11 is 0. The van der Waals surface area contributed by atoms with E-state index in [-0.39, 0.29) is 0 Å². The maximum Gasteiger partial charge on any atom is 0.118 e. The second-order valence-corrected chi connectivity index (χ2v) is 5.07. The number of hydrogen-bond donors (Lipinski definition) is 1. The topological polar surface area (TPSA) is 28.4 Å². The summed E-state index contributed by atoms with van der Waals surface area (Å²) in [5.74, 6) is 2.13. The summed E-state index contributed by atoms with van der Waals surface area (Å²) in [6.07, 6.45) is 5.41. The van der Waals surface area contributed by atoms with Gasteiger partial charge in [-0.1, -0.05) is 12.8 Å². The minimum absolute atomic E-state index is 0.690. The molecule has 17 heavy (non-hydrogen) atoms. The highest BCUT2D eigenvalue weighted by Crippen LogP contribution is 2.19. The zero-order valence-electron chi connectivity index (χ0n) is 11.0. The van der Waals surface area contributed by atoms with Crippen LogP contribution in [-0.2, 0) is 13.1 Å². The fourth-order valence-corrected chi connectivity index (χ4v) is 2.55. The summed E-state index contributed by atoms with van der Waals surface area (Å²) in [4.78, 5) is 2.55. The van der Waals surface area contributed by atoms with Crippen LogP contribution < -0.4 is 5.32 Å². The molecule has 1 atom stereocenters. The Kier molecular flexibility index (Phi) is 4.63. The Morgan fingerprint density at radius 1 is 1.29 bits per heavy atom. The fourth-order valence-electron chi connectivity index (χ4n) is 2.55. The van der Waals surface area contributed by atoms with E-state index in [4.69, 9.17) is 4.42 Å². The van der Waals surface area contributed by atoms with E-state index in [1.165, 1.54) is 32.2 Å². The molecule has 2 rings (SSSR count). The number of hydrogen-bond acceptors (Lipinski definition) is 3. The number of nitrogens with zero attached hydrogens (tertiary/aromatic N) is 1. The van der Waals surface area contributed by atoms with E-state index in [1.807, 2.05) is 7.05 Å². The SMILES string of the molecule is CNCc1ccc(CN2CCCCCC2C)o1. The second kappa shape index (κ2) is 6.22. The standard InChI is InChI=1S/C14H24N2O/c1-12-6-4-3-5-9-16(12)11-14-8-7-13(17-14)10-15-2/h7-8,12,15H,3-6,9-11H2,1-2H3. The molecule has 0 radical (unpaired) electrons. The smallest absolute Gasteiger partial charge is 0.118 e. The van der Waals surface area contributed by atoms with Crippen LogP contribution in [-0.4, -0.2) is 24.5 Å². The van der Waals surface area contributed by atoms with Gasteiger partial charge in [-0.3, -0.25) is 4.90 Å². The van der Waals surface area contributed by atoms with Crippen molar-refractivity contribution in [1.82, 2.24) is 10.2 Å². The van der Waals surface area contributed by atoms with Gasteiger partial charge in [-0.15, -0.1) is 0 Å². The van der Waals surface area contributed by atoms with Gasteiger partial charge in [0, 0.05) is 6.04 Å². The third kappa shape index (κ3) is 3.58. The molecule has 96 valence electrons. The van der Waals surface area contributed by atoms with Crippen molar-refractivity contribution in [1.29, 1.82) is 0 Å². The molecule has 0 spiro atoms. The first-order valence-electron chi connectivity index (χ1n) is 6.76. The molecular formula is C14H24N2O. The van der Waals surface area contributed by atoms with Crippen LogP contribution in [0.3, 0.4) is 0 Å². The third-order valence-electron chi connectivity index (χ3n) is 3.62. The summed E-state index contributed by atoms with van der Waals surface area (Å²) in [7, 11) is 1.94. The Hall–Kier alpha value is -0.800. The van der Waals surface area contributed by atoms with E-state index in [0.717, 1.165) is 24.6 Å². The van der Waals surface area contributed by atoms with Crippen molar-refractivity contribution in [3.05, 3.63) is 23.7 Å². The van der Waals surface area contributed by atoms with Crippen LogP contribution in [0.2, 0.25) is 0 Å². The maximum absolute atomic E-state index is 5.81. The molecule has 1 aromatic rings. The average Bonchev–Trinajstić information content (AvgIpc) is 2.65. The quantitative estimate of drug-likeness (QED) is 0.871. The number of rotatable bonds is 4. The van der Waals surface area contributed by atoms with E-state index < -0.39 is 0 Å². The van der Waals surface area contributed by atoms with Gasteiger partial charge in [0.1, 0.15) is 11.5 Å². The normalized spacial score (nSPS) is 22.6. The van der Waals surface area contributed by atoms with Gasteiger partial charge in [-0.05, 0) is 45.5 Å². The predicted octanol–water partition coefficient (Wildman–Crippen LogP) is 2.76. The zero-order valence-corrected chi connectivity index (χ0v) is 11.0. The largest absolute Gasteiger partial charge is 0.463 e. The molecule has 1 fully saturated rings. The molecule has 3 nitrogen and oxygen atoms in total. The highest BCUT2D eigenvalue weighted by atomic mass is 16.3. The van der Waals surface area contributed by atoms with Crippen molar-refractivity contribution in [3.63, 3.8) is 0 Å². The predicted molar refractivity (Wildman–Crippen MR) is 69.8 cm³/mol. The molecule has 1 saturated heterocycles. The molecule has 0 aliphatic carbocycles. The van der Waals surface area contributed by atoms with Crippen LogP contribution in [0, 0.1) is 0 Å². The lowest BCUT2D eigenvalue weighted by Gasteiger charge is -2.25. The number of furan rings is 1. The third-order valence-corrected chi connectivity index (χ3v) is 3.62. The van der Waals surface area contributed by atoms with Gasteiger partial charge in [0.2, 0.25) is 0 Å². The van der Waals surface area contributed by atoms with E-state index >= 15 is 0 Å².